The summed E-state index contributed by atoms with van der Waals surface area (Å²) in [4.78, 5) is 18.0. The van der Waals surface area contributed by atoms with Crippen molar-refractivity contribution in [1.82, 2.24) is 4.98 Å². The van der Waals surface area contributed by atoms with Crippen LogP contribution in [-0.4, -0.2) is 25.1 Å². The van der Waals surface area contributed by atoms with Crippen molar-refractivity contribution in [3.8, 4) is 22.8 Å². The standard InChI is InChI=1S/C21H22N2O3S/c1-14-20(16-8-11-17(25-2)12-9-16)23-21(27-14)22-19(24)13-10-15-6-4-5-7-18(15)26-3/h4-9,11-12H,10,13H2,1-3H3,(H,22,23,24). The molecule has 0 saturated carbocycles. The van der Waals surface area contributed by atoms with Gasteiger partial charge in [-0.1, -0.05) is 18.2 Å². The highest BCUT2D eigenvalue weighted by Crippen LogP contribution is 2.31. The fourth-order valence-corrected chi connectivity index (χ4v) is 3.66. The van der Waals surface area contributed by atoms with Gasteiger partial charge in [0.15, 0.2) is 5.13 Å². The Morgan fingerprint density at radius 2 is 1.81 bits per heavy atom. The lowest BCUT2D eigenvalue weighted by atomic mass is 10.1. The maximum absolute atomic E-state index is 12.3. The Kier molecular flexibility index (Phi) is 6.08. The SMILES string of the molecule is COc1ccc(-c2nc(NC(=O)CCc3ccccc3OC)sc2C)cc1. The van der Waals surface area contributed by atoms with E-state index in [0.29, 0.717) is 18.0 Å². The molecule has 2 aromatic carbocycles. The molecule has 0 aliphatic carbocycles. The molecule has 0 radical (unpaired) electrons. The average Bonchev–Trinajstić information content (AvgIpc) is 3.06. The molecule has 0 atom stereocenters. The molecule has 0 unspecified atom stereocenters. The summed E-state index contributed by atoms with van der Waals surface area (Å²) in [7, 11) is 3.28. The van der Waals surface area contributed by atoms with E-state index in [1.165, 1.54) is 11.3 Å². The Balaban J connectivity index is 1.64. The number of aromatic nitrogens is 1. The van der Waals surface area contributed by atoms with Crippen molar-refractivity contribution in [2.24, 2.45) is 0 Å². The van der Waals surface area contributed by atoms with Crippen LogP contribution in [0.25, 0.3) is 11.3 Å². The number of anilines is 1. The summed E-state index contributed by atoms with van der Waals surface area (Å²) in [6.07, 6.45) is 0.989. The third-order valence-electron chi connectivity index (χ3n) is 4.22. The van der Waals surface area contributed by atoms with Crippen molar-refractivity contribution in [3.05, 3.63) is 59.0 Å². The number of thiazole rings is 1. The molecule has 1 N–H and O–H groups in total. The predicted octanol–water partition coefficient (Wildman–Crippen LogP) is 4.71. The summed E-state index contributed by atoms with van der Waals surface area (Å²) in [5.74, 6) is 1.55. The summed E-state index contributed by atoms with van der Waals surface area (Å²) < 4.78 is 10.5. The van der Waals surface area contributed by atoms with E-state index in [2.05, 4.69) is 10.3 Å². The number of hydrogen-bond donors (Lipinski definition) is 1. The summed E-state index contributed by atoms with van der Waals surface area (Å²) in [5, 5.41) is 3.52. The number of methoxy groups -OCH3 is 2. The Labute approximate surface area is 163 Å². The number of para-hydroxylation sites is 1. The van der Waals surface area contributed by atoms with E-state index in [1.54, 1.807) is 14.2 Å². The zero-order valence-corrected chi connectivity index (χ0v) is 16.4. The topological polar surface area (TPSA) is 60.5 Å². The highest BCUT2D eigenvalue weighted by Gasteiger charge is 2.13. The smallest absolute Gasteiger partial charge is 0.226 e. The Morgan fingerprint density at radius 1 is 1.07 bits per heavy atom. The number of aryl methyl sites for hydroxylation is 2. The van der Waals surface area contributed by atoms with Gasteiger partial charge in [0, 0.05) is 16.9 Å². The summed E-state index contributed by atoms with van der Waals surface area (Å²) in [5.41, 5.74) is 2.89. The third kappa shape index (κ3) is 4.65. The normalized spacial score (nSPS) is 10.5. The minimum Gasteiger partial charge on any atom is -0.497 e. The van der Waals surface area contributed by atoms with Gasteiger partial charge >= 0.3 is 0 Å². The molecule has 140 valence electrons. The van der Waals surface area contributed by atoms with Crippen LogP contribution >= 0.6 is 11.3 Å². The van der Waals surface area contributed by atoms with E-state index in [1.807, 2.05) is 55.5 Å². The first-order valence-corrected chi connectivity index (χ1v) is 9.46. The first-order valence-electron chi connectivity index (χ1n) is 8.64. The lowest BCUT2D eigenvalue weighted by Crippen LogP contribution is -2.12. The van der Waals surface area contributed by atoms with Gasteiger partial charge in [0.25, 0.3) is 0 Å². The molecule has 0 spiro atoms. The third-order valence-corrected chi connectivity index (χ3v) is 5.11. The summed E-state index contributed by atoms with van der Waals surface area (Å²) >= 11 is 1.48. The van der Waals surface area contributed by atoms with Gasteiger partial charge in [-0.25, -0.2) is 4.98 Å². The van der Waals surface area contributed by atoms with Crippen LogP contribution in [0.3, 0.4) is 0 Å². The first kappa shape index (κ1) is 18.9. The number of hydrogen-bond acceptors (Lipinski definition) is 5. The van der Waals surface area contributed by atoms with Gasteiger partial charge in [0.1, 0.15) is 11.5 Å². The molecule has 3 aromatic rings. The second-order valence-electron chi connectivity index (χ2n) is 6.01. The fourth-order valence-electron chi connectivity index (χ4n) is 2.81. The van der Waals surface area contributed by atoms with Gasteiger partial charge in [0.05, 0.1) is 19.9 Å². The van der Waals surface area contributed by atoms with Crippen LogP contribution < -0.4 is 14.8 Å². The van der Waals surface area contributed by atoms with E-state index in [-0.39, 0.29) is 5.91 Å². The number of nitrogens with zero attached hydrogens (tertiary/aromatic N) is 1. The number of carbonyl (C=O) groups is 1. The molecule has 5 nitrogen and oxygen atoms in total. The molecule has 3 rings (SSSR count). The first-order chi connectivity index (χ1) is 13.1. The van der Waals surface area contributed by atoms with E-state index < -0.39 is 0 Å². The molecule has 1 heterocycles. The van der Waals surface area contributed by atoms with Gasteiger partial charge in [0.2, 0.25) is 5.91 Å². The number of benzene rings is 2. The number of ether oxygens (including phenoxy) is 2. The quantitative estimate of drug-likeness (QED) is 0.643. The van der Waals surface area contributed by atoms with Crippen LogP contribution in [0, 0.1) is 6.92 Å². The molecule has 1 aromatic heterocycles. The average molecular weight is 382 g/mol. The van der Waals surface area contributed by atoms with Gasteiger partial charge < -0.3 is 14.8 Å². The van der Waals surface area contributed by atoms with E-state index >= 15 is 0 Å². The number of nitrogens with one attached hydrogen (secondary N) is 1. The Bertz CT molecular complexity index is 919. The summed E-state index contributed by atoms with van der Waals surface area (Å²) in [6.45, 7) is 2.00. The highest BCUT2D eigenvalue weighted by molar-refractivity contribution is 7.16. The molecule has 0 aliphatic rings. The van der Waals surface area contributed by atoms with Gasteiger partial charge in [-0.3, -0.25) is 4.79 Å². The molecule has 0 bridgehead atoms. The Morgan fingerprint density at radius 3 is 2.52 bits per heavy atom. The van der Waals surface area contributed by atoms with Crippen LogP contribution in [0.5, 0.6) is 11.5 Å². The van der Waals surface area contributed by atoms with E-state index in [4.69, 9.17) is 9.47 Å². The number of rotatable bonds is 7. The maximum atomic E-state index is 12.3. The monoisotopic (exact) mass is 382 g/mol. The Hall–Kier alpha value is -2.86. The van der Waals surface area contributed by atoms with Gasteiger partial charge in [-0.2, -0.15) is 0 Å². The van der Waals surface area contributed by atoms with Crippen LogP contribution in [0.4, 0.5) is 5.13 Å². The van der Waals surface area contributed by atoms with Crippen molar-refractivity contribution in [3.63, 3.8) is 0 Å². The zero-order valence-electron chi connectivity index (χ0n) is 15.6. The predicted molar refractivity (Wildman–Crippen MR) is 109 cm³/mol. The van der Waals surface area contributed by atoms with E-state index in [0.717, 1.165) is 33.2 Å². The molecule has 27 heavy (non-hydrogen) atoms. The summed E-state index contributed by atoms with van der Waals surface area (Å²) in [6, 6.07) is 15.5. The minimum absolute atomic E-state index is 0.0593. The zero-order chi connectivity index (χ0) is 19.2. The minimum atomic E-state index is -0.0593. The van der Waals surface area contributed by atoms with Gasteiger partial charge in [-0.05, 0) is 49.2 Å². The van der Waals surface area contributed by atoms with Crippen molar-refractivity contribution in [2.75, 3.05) is 19.5 Å². The van der Waals surface area contributed by atoms with Crippen molar-refractivity contribution in [1.29, 1.82) is 0 Å². The van der Waals surface area contributed by atoms with Crippen LogP contribution in [0.1, 0.15) is 16.9 Å². The number of amides is 1. The largest absolute Gasteiger partial charge is 0.497 e. The lowest BCUT2D eigenvalue weighted by molar-refractivity contribution is -0.116. The van der Waals surface area contributed by atoms with Crippen molar-refractivity contribution in [2.45, 2.75) is 19.8 Å². The lowest BCUT2D eigenvalue weighted by Gasteiger charge is -2.07. The molecule has 1 amide bonds. The molecular weight excluding hydrogens is 360 g/mol. The molecule has 0 fully saturated rings. The van der Waals surface area contributed by atoms with E-state index in [9.17, 15) is 4.79 Å². The molecule has 0 aliphatic heterocycles. The number of carbonyl (C=O) groups excluding carboxylic acids is 1. The molecular formula is C21H22N2O3S. The second-order valence-corrected chi connectivity index (χ2v) is 7.22. The fraction of sp³-hybridized carbons (Fsp3) is 0.238. The maximum Gasteiger partial charge on any atom is 0.226 e. The molecule has 6 heteroatoms. The van der Waals surface area contributed by atoms with Gasteiger partial charge in [-0.15, -0.1) is 11.3 Å². The highest BCUT2D eigenvalue weighted by atomic mass is 32.1. The second kappa shape index (κ2) is 8.68. The molecule has 0 saturated heterocycles. The van der Waals surface area contributed by atoms with Crippen molar-refractivity contribution >= 4 is 22.4 Å². The van der Waals surface area contributed by atoms with Crippen LogP contribution in [0.15, 0.2) is 48.5 Å². The van der Waals surface area contributed by atoms with Crippen LogP contribution in [0.2, 0.25) is 0 Å². The van der Waals surface area contributed by atoms with Crippen LogP contribution in [-0.2, 0) is 11.2 Å². The van der Waals surface area contributed by atoms with Crippen molar-refractivity contribution < 1.29 is 14.3 Å².